The number of aromatic nitrogens is 1. The van der Waals surface area contributed by atoms with Crippen molar-refractivity contribution in [2.24, 2.45) is 0 Å². The molecule has 3 heterocycles. The number of fused-ring (bicyclic) bond motifs is 4. The molecule has 0 amide bonds. The van der Waals surface area contributed by atoms with Gasteiger partial charge in [0.2, 0.25) is 5.43 Å². The van der Waals surface area contributed by atoms with E-state index in [4.69, 9.17) is 4.74 Å². The van der Waals surface area contributed by atoms with Crippen LogP contribution in [0.4, 0.5) is 5.69 Å². The molecule has 2 N–H and O–H groups in total. The number of likely N-dealkylation sites (N-methyl/N-ethyl adjacent to an activating group) is 1. The fraction of sp³-hybridized carbons (Fsp3) is 0.286. The molecule has 0 saturated carbocycles. The highest BCUT2D eigenvalue weighted by Gasteiger charge is 2.27. The molecule has 0 unspecified atom stereocenters. The normalized spacial score (nSPS) is 15.6. The minimum Gasteiger partial charge on any atom is -0.477 e. The maximum Gasteiger partial charge on any atom is 0.341 e. The first-order valence-corrected chi connectivity index (χ1v) is 12.3. The number of anilines is 1. The summed E-state index contributed by atoms with van der Waals surface area (Å²) in [6.45, 7) is 6.15. The van der Waals surface area contributed by atoms with Crippen molar-refractivity contribution >= 4 is 33.3 Å². The molecule has 0 atom stereocenters. The highest BCUT2D eigenvalue weighted by atomic mass is 16.5. The van der Waals surface area contributed by atoms with Crippen LogP contribution in [0.2, 0.25) is 0 Å². The summed E-state index contributed by atoms with van der Waals surface area (Å²) in [4.78, 5) is 29.8. The zero-order valence-electron chi connectivity index (χ0n) is 20.2. The molecule has 2 aliphatic heterocycles. The second-order valence-corrected chi connectivity index (χ2v) is 9.55. The Hall–Kier alpha value is -3.88. The summed E-state index contributed by atoms with van der Waals surface area (Å²) in [5, 5.41) is 15.5. The summed E-state index contributed by atoms with van der Waals surface area (Å²) in [6.07, 6.45) is 2.41. The Kier molecular flexibility index (Phi) is 5.62. The summed E-state index contributed by atoms with van der Waals surface area (Å²) in [6, 6.07) is 15.3. The van der Waals surface area contributed by atoms with Gasteiger partial charge in [0.15, 0.2) is 11.5 Å². The Morgan fingerprint density at radius 3 is 2.64 bits per heavy atom. The van der Waals surface area contributed by atoms with Crippen molar-refractivity contribution in [1.82, 2.24) is 14.4 Å². The van der Waals surface area contributed by atoms with E-state index in [-0.39, 0.29) is 5.56 Å². The molecule has 184 valence electrons. The number of piperazine rings is 1. The van der Waals surface area contributed by atoms with E-state index in [9.17, 15) is 14.7 Å². The number of nitrogens with zero attached hydrogens (tertiary/aromatic N) is 3. The van der Waals surface area contributed by atoms with Gasteiger partial charge in [-0.15, -0.1) is 0 Å². The third kappa shape index (κ3) is 3.79. The minimum atomic E-state index is -1.24. The van der Waals surface area contributed by atoms with Crippen molar-refractivity contribution in [2.75, 3.05) is 51.6 Å². The molecular weight excluding hydrogens is 456 g/mol. The highest BCUT2D eigenvalue weighted by Crippen LogP contribution is 2.46. The molecule has 1 fully saturated rings. The number of carboxylic acid groups (broad SMARTS) is 1. The van der Waals surface area contributed by atoms with E-state index in [0.717, 1.165) is 67.8 Å². The number of hydrogen-bond donors (Lipinski definition) is 2. The molecule has 8 nitrogen and oxygen atoms in total. The number of carboxylic acids is 1. The quantitative estimate of drug-likeness (QED) is 0.352. The first kappa shape index (κ1) is 22.6. The van der Waals surface area contributed by atoms with E-state index in [1.54, 1.807) is 6.07 Å². The molecule has 0 aliphatic carbocycles. The van der Waals surface area contributed by atoms with Crippen molar-refractivity contribution in [3.63, 3.8) is 0 Å². The maximum absolute atomic E-state index is 13.1. The fourth-order valence-corrected chi connectivity index (χ4v) is 5.24. The third-order valence-corrected chi connectivity index (χ3v) is 7.23. The van der Waals surface area contributed by atoms with Crippen LogP contribution in [0.15, 0.2) is 59.5 Å². The van der Waals surface area contributed by atoms with Crippen LogP contribution in [0.1, 0.15) is 16.8 Å². The lowest BCUT2D eigenvalue weighted by Crippen LogP contribution is -2.44. The van der Waals surface area contributed by atoms with Gasteiger partial charge in [-0.3, -0.25) is 4.79 Å². The van der Waals surface area contributed by atoms with Gasteiger partial charge in [-0.25, -0.2) is 4.79 Å². The van der Waals surface area contributed by atoms with Gasteiger partial charge in [-0.05, 0) is 43.6 Å². The number of benzene rings is 3. The van der Waals surface area contributed by atoms with Crippen LogP contribution in [-0.2, 0) is 0 Å². The number of nitrogens with one attached hydrogen (secondary N) is 1. The van der Waals surface area contributed by atoms with Crippen molar-refractivity contribution in [3.05, 3.63) is 70.5 Å². The SMILES string of the molecule is CN1CCN(CCCNc2ccc3c(=O)c(C(=O)O)cn4c3c2Oc2ccc3ccccc3c2-4)CC1. The topological polar surface area (TPSA) is 87.0 Å². The maximum atomic E-state index is 13.1. The van der Waals surface area contributed by atoms with Crippen LogP contribution in [0, 0.1) is 0 Å². The zero-order valence-corrected chi connectivity index (χ0v) is 20.2. The Balaban J connectivity index is 1.40. The van der Waals surface area contributed by atoms with Crippen LogP contribution in [0.5, 0.6) is 11.5 Å². The van der Waals surface area contributed by atoms with E-state index in [1.165, 1.54) is 6.20 Å². The predicted octanol–water partition coefficient (Wildman–Crippen LogP) is 4.00. The number of pyridine rings is 1. The third-order valence-electron chi connectivity index (χ3n) is 7.23. The van der Waals surface area contributed by atoms with Gasteiger partial charge < -0.3 is 29.5 Å². The summed E-state index contributed by atoms with van der Waals surface area (Å²) in [7, 11) is 2.16. The molecule has 2 aliphatic rings. The first-order valence-electron chi connectivity index (χ1n) is 12.3. The van der Waals surface area contributed by atoms with Crippen LogP contribution in [-0.4, -0.2) is 71.8 Å². The number of carbonyl (C=O) groups is 1. The summed E-state index contributed by atoms with van der Waals surface area (Å²) < 4.78 is 8.23. The van der Waals surface area contributed by atoms with Gasteiger partial charge in [0.05, 0.1) is 16.8 Å². The number of ether oxygens (including phenoxy) is 1. The van der Waals surface area contributed by atoms with Gasteiger partial charge >= 0.3 is 5.97 Å². The Morgan fingerprint density at radius 2 is 1.83 bits per heavy atom. The van der Waals surface area contributed by atoms with Crippen LogP contribution < -0.4 is 15.5 Å². The summed E-state index contributed by atoms with van der Waals surface area (Å²) in [5.74, 6) is -0.0790. The number of rotatable bonds is 6. The van der Waals surface area contributed by atoms with Crippen LogP contribution >= 0.6 is 0 Å². The van der Waals surface area contributed by atoms with Crippen molar-refractivity contribution < 1.29 is 14.6 Å². The second-order valence-electron chi connectivity index (χ2n) is 9.55. The Labute approximate surface area is 208 Å². The largest absolute Gasteiger partial charge is 0.477 e. The molecule has 1 saturated heterocycles. The first-order chi connectivity index (χ1) is 17.5. The smallest absolute Gasteiger partial charge is 0.341 e. The number of aromatic carboxylic acids is 1. The van der Waals surface area contributed by atoms with E-state index in [2.05, 4.69) is 22.2 Å². The van der Waals surface area contributed by atoms with Gasteiger partial charge in [-0.1, -0.05) is 30.3 Å². The Morgan fingerprint density at radius 1 is 1.03 bits per heavy atom. The molecule has 36 heavy (non-hydrogen) atoms. The molecule has 0 radical (unpaired) electrons. The second kappa shape index (κ2) is 8.96. The molecule has 0 bridgehead atoms. The van der Waals surface area contributed by atoms with Gasteiger partial charge in [-0.2, -0.15) is 0 Å². The standard InChI is InChI=1S/C28H28N4O4/c1-30-13-15-31(16-14-30)12-4-11-29-22-9-8-20-25-27(22)36-23-10-7-18-5-2-3-6-19(18)24(23)32(25)17-21(26(20)33)28(34)35/h2-3,5-10,17,29H,4,11-16H2,1H3,(H,34,35). The number of hydrogen-bond acceptors (Lipinski definition) is 6. The lowest BCUT2D eigenvalue weighted by Gasteiger charge is -2.32. The van der Waals surface area contributed by atoms with Gasteiger partial charge in [0, 0.05) is 44.3 Å². The molecule has 0 spiro atoms. The molecule has 1 aromatic heterocycles. The van der Waals surface area contributed by atoms with E-state index < -0.39 is 11.4 Å². The lowest BCUT2D eigenvalue weighted by atomic mass is 10.0. The monoisotopic (exact) mass is 484 g/mol. The fourth-order valence-electron chi connectivity index (χ4n) is 5.24. The minimum absolute atomic E-state index is 0.262. The predicted molar refractivity (Wildman–Crippen MR) is 141 cm³/mol. The van der Waals surface area contributed by atoms with E-state index in [1.807, 2.05) is 47.0 Å². The van der Waals surface area contributed by atoms with Gasteiger partial charge in [0.1, 0.15) is 11.1 Å². The van der Waals surface area contributed by atoms with Crippen LogP contribution in [0.3, 0.4) is 0 Å². The molecule has 6 rings (SSSR count). The molecule has 8 heteroatoms. The molecule has 3 aromatic carbocycles. The average molecular weight is 485 g/mol. The zero-order chi connectivity index (χ0) is 24.8. The van der Waals surface area contributed by atoms with E-state index >= 15 is 0 Å². The Bertz CT molecular complexity index is 1550. The lowest BCUT2D eigenvalue weighted by molar-refractivity contribution is 0.0695. The van der Waals surface area contributed by atoms with E-state index in [0.29, 0.717) is 22.4 Å². The van der Waals surface area contributed by atoms with Crippen molar-refractivity contribution in [3.8, 4) is 17.2 Å². The summed E-state index contributed by atoms with van der Waals surface area (Å²) in [5.41, 5.74) is 1.33. The molecular formula is C28H28N4O4. The average Bonchev–Trinajstić information content (AvgIpc) is 2.89. The summed E-state index contributed by atoms with van der Waals surface area (Å²) >= 11 is 0. The van der Waals surface area contributed by atoms with Gasteiger partial charge in [0.25, 0.3) is 0 Å². The van der Waals surface area contributed by atoms with Crippen molar-refractivity contribution in [2.45, 2.75) is 6.42 Å². The molecule has 4 aromatic rings. The van der Waals surface area contributed by atoms with Crippen molar-refractivity contribution in [1.29, 1.82) is 0 Å². The highest BCUT2D eigenvalue weighted by molar-refractivity contribution is 6.02. The van der Waals surface area contributed by atoms with Crippen LogP contribution in [0.25, 0.3) is 27.4 Å².